The standard InChI is InChI=1S/C16H19N5O2/c1-21(2)7-3-5-18-15-10-4-6-17-9-11(10)14-12(20-15)8-13(19-14)16(22)23/h4,6,8-9,19H,3,5,7H2,1-2H3,(H,18,20)(H,22,23). The SMILES string of the molecule is CN(C)CCCNc1nc2cc(C(=O)O)[nH]c2c2cnccc12. The number of nitrogens with one attached hydrogen (secondary N) is 2. The topological polar surface area (TPSA) is 94.1 Å². The number of aromatic carboxylic acids is 1. The van der Waals surface area contributed by atoms with Crippen molar-refractivity contribution in [3.8, 4) is 0 Å². The lowest BCUT2D eigenvalue weighted by Gasteiger charge is -2.12. The highest BCUT2D eigenvalue weighted by atomic mass is 16.4. The summed E-state index contributed by atoms with van der Waals surface area (Å²) in [6.45, 7) is 1.78. The molecule has 3 aromatic rings. The van der Waals surface area contributed by atoms with Gasteiger partial charge in [-0.2, -0.15) is 0 Å². The van der Waals surface area contributed by atoms with E-state index in [1.165, 1.54) is 0 Å². The van der Waals surface area contributed by atoms with E-state index in [1.54, 1.807) is 18.5 Å². The first-order chi connectivity index (χ1) is 11.1. The van der Waals surface area contributed by atoms with Gasteiger partial charge in [0.1, 0.15) is 11.5 Å². The number of fused-ring (bicyclic) bond motifs is 3. The molecule has 7 nitrogen and oxygen atoms in total. The van der Waals surface area contributed by atoms with Gasteiger partial charge in [0.15, 0.2) is 0 Å². The lowest BCUT2D eigenvalue weighted by atomic mass is 10.2. The number of hydrogen-bond donors (Lipinski definition) is 3. The number of hydrogen-bond acceptors (Lipinski definition) is 5. The predicted molar refractivity (Wildman–Crippen MR) is 90.0 cm³/mol. The summed E-state index contributed by atoms with van der Waals surface area (Å²) in [7, 11) is 4.08. The van der Waals surface area contributed by atoms with Crippen molar-refractivity contribution in [2.45, 2.75) is 6.42 Å². The van der Waals surface area contributed by atoms with Crippen molar-refractivity contribution < 1.29 is 9.90 Å². The number of nitrogens with zero attached hydrogens (tertiary/aromatic N) is 3. The number of pyridine rings is 2. The molecule has 0 radical (unpaired) electrons. The fourth-order valence-corrected chi connectivity index (χ4v) is 2.57. The van der Waals surface area contributed by atoms with Crippen LogP contribution in [0.15, 0.2) is 24.5 Å². The van der Waals surface area contributed by atoms with E-state index < -0.39 is 5.97 Å². The van der Waals surface area contributed by atoms with Gasteiger partial charge in [-0.15, -0.1) is 0 Å². The Morgan fingerprint density at radius 3 is 2.96 bits per heavy atom. The number of aromatic amines is 1. The minimum absolute atomic E-state index is 0.127. The van der Waals surface area contributed by atoms with E-state index in [-0.39, 0.29) is 5.69 Å². The van der Waals surface area contributed by atoms with Crippen molar-refractivity contribution in [3.63, 3.8) is 0 Å². The molecule has 0 spiro atoms. The maximum Gasteiger partial charge on any atom is 0.352 e. The highest BCUT2D eigenvalue weighted by Crippen LogP contribution is 2.28. The first-order valence-electron chi connectivity index (χ1n) is 7.44. The molecule has 0 fully saturated rings. The van der Waals surface area contributed by atoms with E-state index in [0.717, 1.165) is 36.1 Å². The van der Waals surface area contributed by atoms with Gasteiger partial charge in [0.25, 0.3) is 0 Å². The third kappa shape index (κ3) is 3.09. The van der Waals surface area contributed by atoms with Gasteiger partial charge in [-0.3, -0.25) is 4.98 Å². The Balaban J connectivity index is 2.00. The molecule has 3 aromatic heterocycles. The summed E-state index contributed by atoms with van der Waals surface area (Å²) in [5.41, 5.74) is 1.45. The lowest BCUT2D eigenvalue weighted by molar-refractivity contribution is 0.0691. The summed E-state index contributed by atoms with van der Waals surface area (Å²) in [5, 5.41) is 14.3. The first-order valence-corrected chi connectivity index (χ1v) is 7.44. The summed E-state index contributed by atoms with van der Waals surface area (Å²) in [6, 6.07) is 3.44. The van der Waals surface area contributed by atoms with Gasteiger partial charge in [0.2, 0.25) is 0 Å². The second kappa shape index (κ2) is 6.21. The fourth-order valence-electron chi connectivity index (χ4n) is 2.57. The monoisotopic (exact) mass is 313 g/mol. The van der Waals surface area contributed by atoms with Crippen molar-refractivity contribution in [1.82, 2.24) is 19.9 Å². The molecular formula is C16H19N5O2. The van der Waals surface area contributed by atoms with Crippen LogP contribution in [0.1, 0.15) is 16.9 Å². The Bertz CT molecular complexity index is 856. The largest absolute Gasteiger partial charge is 0.477 e. The molecule has 0 bridgehead atoms. The minimum Gasteiger partial charge on any atom is -0.477 e. The van der Waals surface area contributed by atoms with Crippen LogP contribution in [-0.4, -0.2) is 58.1 Å². The number of carbonyl (C=O) groups is 1. The highest BCUT2D eigenvalue weighted by molar-refractivity contribution is 6.09. The summed E-state index contributed by atoms with van der Waals surface area (Å²) in [5.74, 6) is -0.245. The molecule has 0 atom stereocenters. The first kappa shape index (κ1) is 15.2. The Kier molecular flexibility index (Phi) is 4.12. The van der Waals surface area contributed by atoms with Crippen LogP contribution >= 0.6 is 0 Å². The number of carboxylic acid groups (broad SMARTS) is 1. The maximum absolute atomic E-state index is 11.2. The van der Waals surface area contributed by atoms with Crippen LogP contribution in [0, 0.1) is 0 Å². The van der Waals surface area contributed by atoms with Gasteiger partial charge in [-0.05, 0) is 39.2 Å². The zero-order valence-electron chi connectivity index (χ0n) is 13.1. The smallest absolute Gasteiger partial charge is 0.352 e. The number of carboxylic acids is 1. The summed E-state index contributed by atoms with van der Waals surface area (Å²) >= 11 is 0. The molecule has 0 aromatic carbocycles. The third-order valence-electron chi connectivity index (χ3n) is 3.68. The number of H-pyrrole nitrogens is 1. The van der Waals surface area contributed by atoms with Gasteiger partial charge in [0, 0.05) is 29.7 Å². The van der Waals surface area contributed by atoms with Crippen LogP contribution in [-0.2, 0) is 0 Å². The summed E-state index contributed by atoms with van der Waals surface area (Å²) in [4.78, 5) is 24.9. The molecule has 0 saturated carbocycles. The molecular weight excluding hydrogens is 294 g/mol. The van der Waals surface area contributed by atoms with Crippen molar-refractivity contribution in [2.75, 3.05) is 32.5 Å². The van der Waals surface area contributed by atoms with Crippen molar-refractivity contribution in [1.29, 1.82) is 0 Å². The molecule has 0 aliphatic carbocycles. The Hall–Kier alpha value is -2.67. The van der Waals surface area contributed by atoms with Gasteiger partial charge in [0.05, 0.1) is 11.0 Å². The predicted octanol–water partition coefficient (Wildman–Crippen LogP) is 2.17. The van der Waals surface area contributed by atoms with E-state index in [9.17, 15) is 4.79 Å². The average molecular weight is 313 g/mol. The van der Waals surface area contributed by atoms with Crippen molar-refractivity contribution in [2.24, 2.45) is 0 Å². The molecule has 3 N–H and O–H groups in total. The highest BCUT2D eigenvalue weighted by Gasteiger charge is 2.14. The van der Waals surface area contributed by atoms with E-state index in [0.29, 0.717) is 11.0 Å². The van der Waals surface area contributed by atoms with Crippen molar-refractivity contribution in [3.05, 3.63) is 30.2 Å². The quantitative estimate of drug-likeness (QED) is 0.604. The fraction of sp³-hybridized carbons (Fsp3) is 0.312. The molecule has 0 unspecified atom stereocenters. The van der Waals surface area contributed by atoms with E-state index >= 15 is 0 Å². The van der Waals surface area contributed by atoms with E-state index in [4.69, 9.17) is 5.11 Å². The van der Waals surface area contributed by atoms with E-state index in [2.05, 4.69) is 25.2 Å². The van der Waals surface area contributed by atoms with Crippen LogP contribution in [0.25, 0.3) is 21.8 Å². The van der Waals surface area contributed by atoms with Crippen LogP contribution < -0.4 is 5.32 Å². The summed E-state index contributed by atoms with van der Waals surface area (Å²) in [6.07, 6.45) is 4.43. The minimum atomic E-state index is -1.000. The zero-order chi connectivity index (χ0) is 16.4. The molecule has 0 aliphatic rings. The molecule has 0 amide bonds. The molecule has 0 aliphatic heterocycles. The van der Waals surface area contributed by atoms with Crippen LogP contribution in [0.5, 0.6) is 0 Å². The lowest BCUT2D eigenvalue weighted by Crippen LogP contribution is -2.16. The molecule has 120 valence electrons. The zero-order valence-corrected chi connectivity index (χ0v) is 13.1. The number of rotatable bonds is 6. The van der Waals surface area contributed by atoms with Gasteiger partial charge < -0.3 is 20.3 Å². The molecule has 3 rings (SSSR count). The van der Waals surface area contributed by atoms with E-state index in [1.807, 2.05) is 20.2 Å². The van der Waals surface area contributed by atoms with Gasteiger partial charge in [-0.25, -0.2) is 9.78 Å². The summed E-state index contributed by atoms with van der Waals surface area (Å²) < 4.78 is 0. The number of anilines is 1. The van der Waals surface area contributed by atoms with Gasteiger partial charge in [-0.1, -0.05) is 0 Å². The van der Waals surface area contributed by atoms with Crippen LogP contribution in [0.3, 0.4) is 0 Å². The molecule has 7 heteroatoms. The molecule has 3 heterocycles. The Morgan fingerprint density at radius 2 is 2.22 bits per heavy atom. The van der Waals surface area contributed by atoms with Crippen molar-refractivity contribution >= 4 is 33.6 Å². The third-order valence-corrected chi connectivity index (χ3v) is 3.68. The Labute approximate surface area is 133 Å². The number of aromatic nitrogens is 3. The Morgan fingerprint density at radius 1 is 1.39 bits per heavy atom. The normalized spacial score (nSPS) is 11.4. The molecule has 23 heavy (non-hydrogen) atoms. The molecule has 0 saturated heterocycles. The average Bonchev–Trinajstić information content (AvgIpc) is 2.96. The second-order valence-corrected chi connectivity index (χ2v) is 5.71. The van der Waals surface area contributed by atoms with Crippen LogP contribution in [0.4, 0.5) is 5.82 Å². The van der Waals surface area contributed by atoms with Crippen LogP contribution in [0.2, 0.25) is 0 Å². The van der Waals surface area contributed by atoms with Gasteiger partial charge >= 0.3 is 5.97 Å². The second-order valence-electron chi connectivity index (χ2n) is 5.71. The maximum atomic E-state index is 11.2.